The highest BCUT2D eigenvalue weighted by Crippen LogP contribution is 2.28. The maximum atomic E-state index is 11.0. The van der Waals surface area contributed by atoms with E-state index in [0.717, 1.165) is 0 Å². The lowest BCUT2D eigenvalue weighted by Gasteiger charge is -2.08. The van der Waals surface area contributed by atoms with Crippen LogP contribution in [-0.4, -0.2) is 17.0 Å². The van der Waals surface area contributed by atoms with Crippen LogP contribution < -0.4 is 4.74 Å². The summed E-state index contributed by atoms with van der Waals surface area (Å²) in [5, 5.41) is 10.2. The molecule has 0 unspecified atom stereocenters. The van der Waals surface area contributed by atoms with Gasteiger partial charge < -0.3 is 9.84 Å². The van der Waals surface area contributed by atoms with E-state index in [9.17, 15) is 9.59 Å². The molecular formula is C13H10O4. The van der Waals surface area contributed by atoms with Crippen molar-refractivity contribution in [1.82, 2.24) is 0 Å². The molecule has 4 heteroatoms. The van der Waals surface area contributed by atoms with Crippen molar-refractivity contribution in [2.75, 3.05) is 0 Å². The highest BCUT2D eigenvalue weighted by molar-refractivity contribution is 6.06. The van der Waals surface area contributed by atoms with Gasteiger partial charge in [0.2, 0.25) is 0 Å². The van der Waals surface area contributed by atoms with Crippen LogP contribution >= 0.6 is 0 Å². The van der Waals surface area contributed by atoms with E-state index >= 15 is 0 Å². The molecular weight excluding hydrogens is 220 g/mol. The van der Waals surface area contributed by atoms with Crippen molar-refractivity contribution in [3.8, 4) is 5.75 Å². The van der Waals surface area contributed by atoms with Gasteiger partial charge in [-0.25, -0.2) is 4.79 Å². The fourth-order valence-electron chi connectivity index (χ4n) is 1.70. The third-order valence-corrected chi connectivity index (χ3v) is 2.37. The first-order chi connectivity index (χ1) is 8.09. The van der Waals surface area contributed by atoms with Crippen LogP contribution in [0.5, 0.6) is 5.75 Å². The van der Waals surface area contributed by atoms with E-state index in [2.05, 4.69) is 0 Å². The Morgan fingerprint density at radius 3 is 2.29 bits per heavy atom. The molecule has 4 nitrogen and oxygen atoms in total. The molecule has 17 heavy (non-hydrogen) atoms. The van der Waals surface area contributed by atoms with Gasteiger partial charge in [0.25, 0.3) is 0 Å². The number of ether oxygens (including phenoxy) is 1. The molecule has 0 aromatic heterocycles. The van der Waals surface area contributed by atoms with Crippen molar-refractivity contribution in [2.45, 2.75) is 6.92 Å². The third-order valence-electron chi connectivity index (χ3n) is 2.37. The van der Waals surface area contributed by atoms with Crippen molar-refractivity contribution in [3.63, 3.8) is 0 Å². The maximum absolute atomic E-state index is 11.0. The number of hydrogen-bond donors (Lipinski definition) is 1. The molecule has 1 N–H and O–H groups in total. The molecule has 0 aliphatic rings. The Bertz CT molecular complexity index is 601. The van der Waals surface area contributed by atoms with Crippen LogP contribution in [0.15, 0.2) is 36.4 Å². The molecule has 2 aromatic rings. The highest BCUT2D eigenvalue weighted by atomic mass is 16.5. The molecule has 0 atom stereocenters. The predicted octanol–water partition coefficient (Wildman–Crippen LogP) is 2.46. The summed E-state index contributed by atoms with van der Waals surface area (Å²) in [6.07, 6.45) is 0. The Morgan fingerprint density at radius 1 is 1.06 bits per heavy atom. The predicted molar refractivity (Wildman–Crippen MR) is 62.2 cm³/mol. The first-order valence-electron chi connectivity index (χ1n) is 5.03. The zero-order valence-electron chi connectivity index (χ0n) is 9.14. The zero-order valence-corrected chi connectivity index (χ0v) is 9.14. The van der Waals surface area contributed by atoms with Crippen LogP contribution in [0.4, 0.5) is 0 Å². The second-order valence-electron chi connectivity index (χ2n) is 3.56. The van der Waals surface area contributed by atoms with Crippen LogP contribution in [0.2, 0.25) is 0 Å². The lowest BCUT2D eigenvalue weighted by atomic mass is 10.0. The molecule has 0 saturated carbocycles. The van der Waals surface area contributed by atoms with Gasteiger partial charge in [-0.3, -0.25) is 4.79 Å². The van der Waals surface area contributed by atoms with E-state index < -0.39 is 11.9 Å². The number of carboxylic acid groups (broad SMARTS) is 1. The Morgan fingerprint density at radius 2 is 1.71 bits per heavy atom. The summed E-state index contributed by atoms with van der Waals surface area (Å²) in [5.41, 5.74) is 0.191. The quantitative estimate of drug-likeness (QED) is 0.635. The van der Waals surface area contributed by atoms with Gasteiger partial charge in [-0.1, -0.05) is 24.3 Å². The smallest absolute Gasteiger partial charge is 0.336 e. The summed E-state index contributed by atoms with van der Waals surface area (Å²) < 4.78 is 5.03. The van der Waals surface area contributed by atoms with Crippen LogP contribution in [0.1, 0.15) is 17.3 Å². The van der Waals surface area contributed by atoms with Gasteiger partial charge in [0.15, 0.2) is 0 Å². The van der Waals surface area contributed by atoms with Gasteiger partial charge >= 0.3 is 11.9 Å². The zero-order chi connectivity index (χ0) is 12.4. The van der Waals surface area contributed by atoms with E-state index in [1.807, 2.05) is 0 Å². The van der Waals surface area contributed by atoms with E-state index in [1.54, 1.807) is 24.3 Å². The van der Waals surface area contributed by atoms with Gasteiger partial charge in [0.1, 0.15) is 5.75 Å². The molecule has 0 bridgehead atoms. The molecule has 0 spiro atoms. The Balaban J connectivity index is 2.70. The SMILES string of the molecule is CC(=O)Oc1ccc(C(=O)O)c2ccccc12. The number of hydrogen-bond acceptors (Lipinski definition) is 3. The van der Waals surface area contributed by atoms with Crippen LogP contribution in [-0.2, 0) is 4.79 Å². The average Bonchev–Trinajstić information content (AvgIpc) is 2.28. The molecule has 0 heterocycles. The molecule has 0 saturated heterocycles. The van der Waals surface area contributed by atoms with Gasteiger partial charge in [-0.05, 0) is 17.5 Å². The fourth-order valence-corrected chi connectivity index (χ4v) is 1.70. The molecule has 0 fully saturated rings. The summed E-state index contributed by atoms with van der Waals surface area (Å²) in [6.45, 7) is 1.31. The van der Waals surface area contributed by atoms with Crippen molar-refractivity contribution in [2.24, 2.45) is 0 Å². The highest BCUT2D eigenvalue weighted by Gasteiger charge is 2.12. The first kappa shape index (κ1) is 11.1. The summed E-state index contributed by atoms with van der Waals surface area (Å²) in [6, 6.07) is 9.84. The van der Waals surface area contributed by atoms with Crippen LogP contribution in [0.25, 0.3) is 10.8 Å². The van der Waals surface area contributed by atoms with E-state index in [1.165, 1.54) is 19.1 Å². The number of aromatic carboxylic acids is 1. The third kappa shape index (κ3) is 2.10. The second-order valence-corrected chi connectivity index (χ2v) is 3.56. The van der Waals surface area contributed by atoms with Crippen molar-refractivity contribution < 1.29 is 19.4 Å². The van der Waals surface area contributed by atoms with Gasteiger partial charge in [0.05, 0.1) is 5.56 Å². The number of carboxylic acids is 1. The fraction of sp³-hybridized carbons (Fsp3) is 0.0769. The molecule has 0 radical (unpaired) electrons. The number of rotatable bonds is 2. The summed E-state index contributed by atoms with van der Waals surface area (Å²) in [5.74, 6) is -1.06. The minimum absolute atomic E-state index is 0.191. The number of benzene rings is 2. The summed E-state index contributed by atoms with van der Waals surface area (Å²) in [7, 11) is 0. The van der Waals surface area contributed by atoms with Crippen molar-refractivity contribution in [3.05, 3.63) is 42.0 Å². The maximum Gasteiger partial charge on any atom is 0.336 e. The lowest BCUT2D eigenvalue weighted by molar-refractivity contribution is -0.131. The van der Waals surface area contributed by atoms with Crippen molar-refractivity contribution >= 4 is 22.7 Å². The van der Waals surface area contributed by atoms with E-state index in [4.69, 9.17) is 9.84 Å². The Kier molecular flexibility index (Phi) is 2.78. The van der Waals surface area contributed by atoms with E-state index in [0.29, 0.717) is 16.5 Å². The monoisotopic (exact) mass is 230 g/mol. The molecule has 2 aromatic carbocycles. The van der Waals surface area contributed by atoms with Gasteiger partial charge in [-0.2, -0.15) is 0 Å². The lowest BCUT2D eigenvalue weighted by Crippen LogP contribution is -2.03. The minimum atomic E-state index is -1.00. The largest absolute Gasteiger partial charge is 0.478 e. The minimum Gasteiger partial charge on any atom is -0.478 e. The second kappa shape index (κ2) is 4.25. The van der Waals surface area contributed by atoms with Gasteiger partial charge in [0, 0.05) is 12.3 Å². The van der Waals surface area contributed by atoms with E-state index in [-0.39, 0.29) is 5.56 Å². The number of fused-ring (bicyclic) bond motifs is 1. The standard InChI is InChI=1S/C13H10O4/c1-8(14)17-12-7-6-11(13(15)16)9-4-2-3-5-10(9)12/h2-7H,1H3,(H,15,16). The van der Waals surface area contributed by atoms with Gasteiger partial charge in [-0.15, -0.1) is 0 Å². The Labute approximate surface area is 97.4 Å². The van der Waals surface area contributed by atoms with Crippen molar-refractivity contribution in [1.29, 1.82) is 0 Å². The molecule has 0 aliphatic heterocycles. The summed E-state index contributed by atoms with van der Waals surface area (Å²) in [4.78, 5) is 22.0. The molecule has 0 aliphatic carbocycles. The average molecular weight is 230 g/mol. The summed E-state index contributed by atoms with van der Waals surface area (Å²) >= 11 is 0. The number of esters is 1. The van der Waals surface area contributed by atoms with Crippen LogP contribution in [0.3, 0.4) is 0 Å². The van der Waals surface area contributed by atoms with Crippen LogP contribution in [0, 0.1) is 0 Å². The number of carbonyl (C=O) groups is 2. The molecule has 2 rings (SSSR count). The first-order valence-corrected chi connectivity index (χ1v) is 5.03. The molecule has 86 valence electrons. The number of carbonyl (C=O) groups excluding carboxylic acids is 1. The topological polar surface area (TPSA) is 63.6 Å². The molecule has 0 amide bonds. The normalized spacial score (nSPS) is 10.2. The Hall–Kier alpha value is -2.36.